The van der Waals surface area contributed by atoms with Gasteiger partial charge in [-0.15, -0.1) is 0 Å². The van der Waals surface area contributed by atoms with E-state index in [1.807, 2.05) is 21.1 Å². The Morgan fingerprint density at radius 2 is 1.04 bits per heavy atom. The van der Waals surface area contributed by atoms with E-state index in [4.69, 9.17) is 18.5 Å². The number of unbranched alkanes of at least 4 members (excludes halogenated alkanes) is 18. The SMILES string of the molecule is CCCCCC/C=C/C=C/CCCCCCCC(=O)O[C@H](COC(=O)CCCCCCC/C=C/CCCCCC)COP(=O)([O-])OCC[N+](C)(C)C. The molecular weight excluding hydrogens is 677 g/mol. The van der Waals surface area contributed by atoms with E-state index in [0.717, 1.165) is 77.0 Å². The van der Waals surface area contributed by atoms with Crippen LogP contribution in [0.5, 0.6) is 0 Å². The highest BCUT2D eigenvalue weighted by Crippen LogP contribution is 2.38. The Bertz CT molecular complexity index is 991. The third-order valence-electron chi connectivity index (χ3n) is 8.66. The first kappa shape index (κ1) is 50.2. The Morgan fingerprint density at radius 3 is 1.54 bits per heavy atom. The first-order chi connectivity index (χ1) is 25.0. The molecule has 0 aliphatic carbocycles. The van der Waals surface area contributed by atoms with Crippen LogP contribution in [-0.2, 0) is 32.7 Å². The van der Waals surface area contributed by atoms with Gasteiger partial charge in [0, 0.05) is 12.8 Å². The first-order valence-corrected chi connectivity index (χ1v) is 22.2. The van der Waals surface area contributed by atoms with Crippen LogP contribution in [0, 0.1) is 0 Å². The van der Waals surface area contributed by atoms with Crippen molar-refractivity contribution in [3.8, 4) is 0 Å². The van der Waals surface area contributed by atoms with E-state index in [2.05, 4.69) is 50.3 Å². The molecule has 0 saturated carbocycles. The van der Waals surface area contributed by atoms with E-state index < -0.39 is 32.5 Å². The Morgan fingerprint density at radius 1 is 0.596 bits per heavy atom. The Labute approximate surface area is 319 Å². The fraction of sp³-hybridized carbons (Fsp3) is 0.810. The lowest BCUT2D eigenvalue weighted by molar-refractivity contribution is -0.870. The summed E-state index contributed by atoms with van der Waals surface area (Å²) in [5.74, 6) is -0.864. The molecule has 0 rings (SSSR count). The summed E-state index contributed by atoms with van der Waals surface area (Å²) >= 11 is 0. The van der Waals surface area contributed by atoms with Crippen molar-refractivity contribution in [1.29, 1.82) is 0 Å². The number of carbonyl (C=O) groups is 2. The summed E-state index contributed by atoms with van der Waals surface area (Å²) in [5, 5.41) is 0. The molecular formula is C42H78NO8P. The van der Waals surface area contributed by atoms with Crippen LogP contribution in [0.15, 0.2) is 36.5 Å². The molecule has 0 aromatic rings. The van der Waals surface area contributed by atoms with Gasteiger partial charge in [0.2, 0.25) is 0 Å². The van der Waals surface area contributed by atoms with Gasteiger partial charge >= 0.3 is 11.9 Å². The summed E-state index contributed by atoms with van der Waals surface area (Å²) in [7, 11) is 1.15. The molecule has 9 nitrogen and oxygen atoms in total. The maximum absolute atomic E-state index is 12.6. The third kappa shape index (κ3) is 38.0. The molecule has 0 aliphatic heterocycles. The molecule has 0 radical (unpaired) electrons. The number of carbonyl (C=O) groups excluding carboxylic acids is 2. The van der Waals surface area contributed by atoms with E-state index in [0.29, 0.717) is 17.4 Å². The molecule has 10 heteroatoms. The van der Waals surface area contributed by atoms with E-state index in [-0.39, 0.29) is 26.1 Å². The zero-order valence-electron chi connectivity index (χ0n) is 34.0. The minimum atomic E-state index is -4.63. The quantitative estimate of drug-likeness (QED) is 0.0154. The molecule has 0 spiro atoms. The number of quaternary nitrogens is 1. The number of hydrogen-bond donors (Lipinski definition) is 0. The van der Waals surface area contributed by atoms with Crippen LogP contribution in [0.1, 0.15) is 168 Å². The highest BCUT2D eigenvalue weighted by Gasteiger charge is 2.21. The fourth-order valence-electron chi connectivity index (χ4n) is 5.34. The highest BCUT2D eigenvalue weighted by atomic mass is 31.2. The van der Waals surface area contributed by atoms with Crippen molar-refractivity contribution in [2.75, 3.05) is 47.5 Å². The molecule has 2 atom stereocenters. The smallest absolute Gasteiger partial charge is 0.306 e. The lowest BCUT2D eigenvalue weighted by Gasteiger charge is -2.28. The number of phosphoric acid groups is 1. The number of ether oxygens (including phenoxy) is 2. The monoisotopic (exact) mass is 756 g/mol. The van der Waals surface area contributed by atoms with Crippen molar-refractivity contribution in [3.05, 3.63) is 36.5 Å². The Hall–Kier alpha value is -1.77. The Kier molecular flexibility index (Phi) is 33.8. The zero-order valence-corrected chi connectivity index (χ0v) is 34.9. The summed E-state index contributed by atoms with van der Waals surface area (Å²) in [5.41, 5.74) is 0. The van der Waals surface area contributed by atoms with Crippen LogP contribution in [0.25, 0.3) is 0 Å². The van der Waals surface area contributed by atoms with Gasteiger partial charge in [-0.1, -0.05) is 127 Å². The molecule has 304 valence electrons. The molecule has 0 amide bonds. The molecule has 0 aliphatic rings. The molecule has 0 aromatic carbocycles. The molecule has 0 fully saturated rings. The largest absolute Gasteiger partial charge is 0.756 e. The van der Waals surface area contributed by atoms with Crippen LogP contribution in [0.2, 0.25) is 0 Å². The standard InChI is InChI=1S/C42H78NO8P/c1-6-8-10-12-14-16-18-20-21-23-25-27-29-31-33-35-42(45)51-40(39-50-52(46,47)49-37-36-43(3,4)5)38-48-41(44)34-32-30-28-26-24-22-19-17-15-13-11-9-7-2/h16-21,40H,6-15,22-39H2,1-5H3/b18-16+,19-17+,21-20+/t40-/m1/s1. The van der Waals surface area contributed by atoms with E-state index in [1.165, 1.54) is 57.8 Å². The second-order valence-electron chi connectivity index (χ2n) is 15.0. The maximum Gasteiger partial charge on any atom is 0.306 e. The predicted molar refractivity (Wildman–Crippen MR) is 213 cm³/mol. The van der Waals surface area contributed by atoms with Crippen LogP contribution in [0.4, 0.5) is 0 Å². The molecule has 52 heavy (non-hydrogen) atoms. The van der Waals surface area contributed by atoms with E-state index >= 15 is 0 Å². The number of hydrogen-bond acceptors (Lipinski definition) is 8. The predicted octanol–water partition coefficient (Wildman–Crippen LogP) is 10.7. The van der Waals surface area contributed by atoms with Gasteiger partial charge < -0.3 is 27.9 Å². The lowest BCUT2D eigenvalue weighted by atomic mass is 10.1. The number of likely N-dealkylation sites (N-methyl/N-ethyl adjacent to an activating group) is 1. The highest BCUT2D eigenvalue weighted by molar-refractivity contribution is 7.45. The van der Waals surface area contributed by atoms with Crippen molar-refractivity contribution in [2.45, 2.75) is 174 Å². The average Bonchev–Trinajstić information content (AvgIpc) is 3.09. The topological polar surface area (TPSA) is 111 Å². The van der Waals surface area contributed by atoms with E-state index in [9.17, 15) is 19.0 Å². The molecule has 0 bridgehead atoms. The second-order valence-corrected chi connectivity index (χ2v) is 16.4. The summed E-state index contributed by atoms with van der Waals surface area (Å²) < 4.78 is 33.8. The molecule has 0 saturated heterocycles. The number of allylic oxidation sites excluding steroid dienone is 6. The normalized spacial score (nSPS) is 14.0. The average molecular weight is 756 g/mol. The van der Waals surface area contributed by atoms with Gasteiger partial charge in [-0.05, 0) is 64.2 Å². The fourth-order valence-corrected chi connectivity index (χ4v) is 6.07. The summed E-state index contributed by atoms with van der Waals surface area (Å²) in [6, 6.07) is 0. The van der Waals surface area contributed by atoms with Gasteiger partial charge in [0.05, 0.1) is 27.7 Å². The van der Waals surface area contributed by atoms with Gasteiger partial charge in [0.1, 0.15) is 19.8 Å². The van der Waals surface area contributed by atoms with Gasteiger partial charge in [-0.25, -0.2) is 0 Å². The van der Waals surface area contributed by atoms with Crippen molar-refractivity contribution >= 4 is 19.8 Å². The summed E-state index contributed by atoms with van der Waals surface area (Å²) in [6.45, 7) is 4.15. The van der Waals surface area contributed by atoms with Crippen LogP contribution < -0.4 is 4.89 Å². The minimum Gasteiger partial charge on any atom is -0.756 e. The van der Waals surface area contributed by atoms with Crippen LogP contribution in [-0.4, -0.2) is 70.0 Å². The third-order valence-corrected chi connectivity index (χ3v) is 9.62. The number of esters is 2. The van der Waals surface area contributed by atoms with Crippen LogP contribution in [0.3, 0.4) is 0 Å². The van der Waals surface area contributed by atoms with E-state index in [1.54, 1.807) is 0 Å². The molecule has 0 heterocycles. The van der Waals surface area contributed by atoms with Crippen molar-refractivity contribution in [1.82, 2.24) is 0 Å². The maximum atomic E-state index is 12.6. The summed E-state index contributed by atoms with van der Waals surface area (Å²) in [6.07, 6.45) is 37.3. The Balaban J connectivity index is 4.45. The number of phosphoric ester groups is 1. The zero-order chi connectivity index (χ0) is 38.6. The van der Waals surface area contributed by atoms with Crippen LogP contribution >= 0.6 is 7.82 Å². The first-order valence-electron chi connectivity index (χ1n) is 20.7. The van der Waals surface area contributed by atoms with Gasteiger partial charge in [-0.3, -0.25) is 14.2 Å². The van der Waals surface area contributed by atoms with Gasteiger partial charge in [-0.2, -0.15) is 0 Å². The number of nitrogens with zero attached hydrogens (tertiary/aromatic N) is 1. The van der Waals surface area contributed by atoms with Crippen molar-refractivity contribution in [2.24, 2.45) is 0 Å². The van der Waals surface area contributed by atoms with Gasteiger partial charge in [0.15, 0.2) is 6.10 Å². The molecule has 0 N–H and O–H groups in total. The molecule has 0 aromatic heterocycles. The molecule has 1 unspecified atom stereocenters. The second kappa shape index (κ2) is 35.0. The number of rotatable bonds is 37. The lowest BCUT2D eigenvalue weighted by Crippen LogP contribution is -2.37. The summed E-state index contributed by atoms with van der Waals surface area (Å²) in [4.78, 5) is 37.4. The minimum absolute atomic E-state index is 0.0356. The van der Waals surface area contributed by atoms with Gasteiger partial charge in [0.25, 0.3) is 7.82 Å². The van der Waals surface area contributed by atoms with Crippen molar-refractivity contribution < 1.29 is 42.1 Å². The van der Waals surface area contributed by atoms with Crippen molar-refractivity contribution in [3.63, 3.8) is 0 Å².